The van der Waals surface area contributed by atoms with Crippen LogP contribution in [0.1, 0.15) is 5.56 Å². The van der Waals surface area contributed by atoms with Crippen LogP contribution in [-0.4, -0.2) is 43.9 Å². The number of rotatable bonds is 4. The van der Waals surface area contributed by atoms with Gasteiger partial charge in [-0.15, -0.1) is 11.3 Å². The number of thiazole rings is 1. The zero-order chi connectivity index (χ0) is 19.7. The molecule has 0 saturated carbocycles. The Morgan fingerprint density at radius 3 is 2.43 bits per heavy atom. The standard InChI is InChI=1S/C20H20ClN3O2S2/c1-15-5-7-16(8-6-15)19-14-27-20(22-19)23-9-11-24(12-10-23)28(25,26)18-4-2-3-17(21)13-18/h2-8,13-14H,9-12H2,1H3. The van der Waals surface area contributed by atoms with Crippen LogP contribution < -0.4 is 4.90 Å². The SMILES string of the molecule is Cc1ccc(-c2csc(N3CCN(S(=O)(=O)c4cccc(Cl)c4)CC3)n2)cc1. The van der Waals surface area contributed by atoms with Crippen molar-refractivity contribution in [2.24, 2.45) is 0 Å². The van der Waals surface area contributed by atoms with Crippen LogP contribution in [-0.2, 0) is 10.0 Å². The Labute approximate surface area is 174 Å². The average Bonchev–Trinajstić information content (AvgIpc) is 3.19. The van der Waals surface area contributed by atoms with Gasteiger partial charge in [0, 0.05) is 42.1 Å². The highest BCUT2D eigenvalue weighted by molar-refractivity contribution is 7.89. The van der Waals surface area contributed by atoms with Gasteiger partial charge in [0.1, 0.15) is 0 Å². The van der Waals surface area contributed by atoms with Gasteiger partial charge < -0.3 is 4.90 Å². The van der Waals surface area contributed by atoms with Crippen LogP contribution in [0.5, 0.6) is 0 Å². The maximum Gasteiger partial charge on any atom is 0.243 e. The Balaban J connectivity index is 1.45. The third kappa shape index (κ3) is 3.93. The number of hydrogen-bond donors (Lipinski definition) is 0. The first-order chi connectivity index (χ1) is 13.4. The fourth-order valence-corrected chi connectivity index (χ4v) is 5.77. The molecule has 3 aromatic rings. The zero-order valence-corrected chi connectivity index (χ0v) is 17.8. The van der Waals surface area contributed by atoms with Crippen molar-refractivity contribution in [1.82, 2.24) is 9.29 Å². The second-order valence-corrected chi connectivity index (χ2v) is 9.94. The molecule has 2 aromatic carbocycles. The van der Waals surface area contributed by atoms with E-state index in [2.05, 4.69) is 41.5 Å². The third-order valence-corrected chi connectivity index (χ3v) is 7.81. The maximum absolute atomic E-state index is 12.8. The van der Waals surface area contributed by atoms with E-state index in [1.165, 1.54) is 15.9 Å². The normalized spacial score (nSPS) is 15.7. The third-order valence-electron chi connectivity index (χ3n) is 4.78. The number of aryl methyl sites for hydroxylation is 1. The van der Waals surface area contributed by atoms with Crippen LogP contribution in [0.2, 0.25) is 5.02 Å². The highest BCUT2D eigenvalue weighted by Crippen LogP contribution is 2.29. The van der Waals surface area contributed by atoms with E-state index >= 15 is 0 Å². The largest absolute Gasteiger partial charge is 0.345 e. The van der Waals surface area contributed by atoms with E-state index in [4.69, 9.17) is 16.6 Å². The first-order valence-electron chi connectivity index (χ1n) is 8.97. The Kier molecular flexibility index (Phi) is 5.42. The number of halogens is 1. The molecular weight excluding hydrogens is 414 g/mol. The lowest BCUT2D eigenvalue weighted by Gasteiger charge is -2.33. The van der Waals surface area contributed by atoms with Gasteiger partial charge in [-0.3, -0.25) is 0 Å². The molecule has 1 aliphatic heterocycles. The zero-order valence-electron chi connectivity index (χ0n) is 15.4. The minimum Gasteiger partial charge on any atom is -0.345 e. The van der Waals surface area contributed by atoms with Gasteiger partial charge in [-0.1, -0.05) is 47.5 Å². The van der Waals surface area contributed by atoms with Crippen molar-refractivity contribution in [2.75, 3.05) is 31.1 Å². The highest BCUT2D eigenvalue weighted by Gasteiger charge is 2.29. The predicted molar refractivity (Wildman–Crippen MR) is 115 cm³/mol. The van der Waals surface area contributed by atoms with E-state index in [9.17, 15) is 8.42 Å². The summed E-state index contributed by atoms with van der Waals surface area (Å²) in [4.78, 5) is 7.14. The van der Waals surface area contributed by atoms with Crippen molar-refractivity contribution < 1.29 is 8.42 Å². The van der Waals surface area contributed by atoms with Crippen LogP contribution in [0.3, 0.4) is 0 Å². The first-order valence-corrected chi connectivity index (χ1v) is 11.7. The van der Waals surface area contributed by atoms with Gasteiger partial charge in [-0.2, -0.15) is 4.31 Å². The second-order valence-electron chi connectivity index (χ2n) is 6.73. The average molecular weight is 434 g/mol. The Morgan fingerprint density at radius 2 is 1.75 bits per heavy atom. The monoisotopic (exact) mass is 433 g/mol. The maximum atomic E-state index is 12.8. The van der Waals surface area contributed by atoms with Crippen molar-refractivity contribution >= 4 is 38.1 Å². The molecule has 2 heterocycles. The summed E-state index contributed by atoms with van der Waals surface area (Å²) in [6.45, 7) is 4.14. The van der Waals surface area contributed by atoms with Crippen LogP contribution in [0.25, 0.3) is 11.3 Å². The Bertz CT molecular complexity index is 1070. The van der Waals surface area contributed by atoms with E-state index in [0.717, 1.165) is 16.4 Å². The molecule has 0 amide bonds. The molecule has 8 heteroatoms. The molecule has 0 atom stereocenters. The molecule has 4 rings (SSSR count). The fraction of sp³-hybridized carbons (Fsp3) is 0.250. The van der Waals surface area contributed by atoms with Gasteiger partial charge in [0.05, 0.1) is 10.6 Å². The van der Waals surface area contributed by atoms with Gasteiger partial charge >= 0.3 is 0 Å². The molecule has 1 saturated heterocycles. The molecule has 1 aliphatic rings. The highest BCUT2D eigenvalue weighted by atomic mass is 35.5. The number of piperazine rings is 1. The lowest BCUT2D eigenvalue weighted by atomic mass is 10.1. The number of sulfonamides is 1. The predicted octanol–water partition coefficient (Wildman–Crippen LogP) is 4.28. The topological polar surface area (TPSA) is 53.5 Å². The molecule has 0 bridgehead atoms. The van der Waals surface area contributed by atoms with E-state index in [1.54, 1.807) is 29.5 Å². The minimum atomic E-state index is -3.53. The quantitative estimate of drug-likeness (QED) is 0.616. The van der Waals surface area contributed by atoms with Gasteiger partial charge in [0.15, 0.2) is 5.13 Å². The van der Waals surface area contributed by atoms with E-state index in [1.807, 2.05) is 0 Å². The minimum absolute atomic E-state index is 0.240. The molecule has 0 N–H and O–H groups in total. The molecular formula is C20H20ClN3O2S2. The van der Waals surface area contributed by atoms with Crippen LogP contribution in [0, 0.1) is 6.92 Å². The number of hydrogen-bond acceptors (Lipinski definition) is 5. The lowest BCUT2D eigenvalue weighted by molar-refractivity contribution is 0.385. The van der Waals surface area contributed by atoms with Crippen molar-refractivity contribution in [1.29, 1.82) is 0 Å². The molecule has 0 radical (unpaired) electrons. The lowest BCUT2D eigenvalue weighted by Crippen LogP contribution is -2.48. The summed E-state index contributed by atoms with van der Waals surface area (Å²) in [5.41, 5.74) is 3.26. The van der Waals surface area contributed by atoms with E-state index < -0.39 is 10.0 Å². The van der Waals surface area contributed by atoms with Crippen molar-refractivity contribution in [3.63, 3.8) is 0 Å². The molecule has 28 heavy (non-hydrogen) atoms. The van der Waals surface area contributed by atoms with Crippen LogP contribution in [0.15, 0.2) is 58.8 Å². The van der Waals surface area contributed by atoms with Crippen LogP contribution >= 0.6 is 22.9 Å². The number of benzene rings is 2. The summed E-state index contributed by atoms with van der Waals surface area (Å²) in [7, 11) is -3.53. The summed E-state index contributed by atoms with van der Waals surface area (Å²) in [6, 6.07) is 14.7. The first kappa shape index (κ1) is 19.4. The summed E-state index contributed by atoms with van der Waals surface area (Å²) >= 11 is 7.55. The number of anilines is 1. The van der Waals surface area contributed by atoms with Gasteiger partial charge in [-0.05, 0) is 25.1 Å². The van der Waals surface area contributed by atoms with Crippen molar-refractivity contribution in [3.05, 3.63) is 64.5 Å². The molecule has 0 aliphatic carbocycles. The Hall–Kier alpha value is -1.93. The molecule has 1 fully saturated rings. The summed E-state index contributed by atoms with van der Waals surface area (Å²) < 4.78 is 27.2. The van der Waals surface area contributed by atoms with Gasteiger partial charge in [0.2, 0.25) is 10.0 Å². The second kappa shape index (κ2) is 7.83. The molecule has 1 aromatic heterocycles. The van der Waals surface area contributed by atoms with Crippen LogP contribution in [0.4, 0.5) is 5.13 Å². The summed E-state index contributed by atoms with van der Waals surface area (Å²) in [5.74, 6) is 0. The molecule has 0 spiro atoms. The number of nitrogens with zero attached hydrogens (tertiary/aromatic N) is 3. The van der Waals surface area contributed by atoms with Gasteiger partial charge in [-0.25, -0.2) is 13.4 Å². The molecule has 0 unspecified atom stereocenters. The summed E-state index contributed by atoms with van der Waals surface area (Å²) in [6.07, 6.45) is 0. The number of aromatic nitrogens is 1. The van der Waals surface area contributed by atoms with Crippen molar-refractivity contribution in [2.45, 2.75) is 11.8 Å². The van der Waals surface area contributed by atoms with E-state index in [-0.39, 0.29) is 4.90 Å². The molecule has 146 valence electrons. The van der Waals surface area contributed by atoms with Gasteiger partial charge in [0.25, 0.3) is 0 Å². The summed E-state index contributed by atoms with van der Waals surface area (Å²) in [5, 5.41) is 3.40. The Morgan fingerprint density at radius 1 is 1.04 bits per heavy atom. The van der Waals surface area contributed by atoms with Crippen molar-refractivity contribution in [3.8, 4) is 11.3 Å². The molecule has 5 nitrogen and oxygen atoms in total. The fourth-order valence-electron chi connectivity index (χ4n) is 3.16. The smallest absolute Gasteiger partial charge is 0.243 e. The van der Waals surface area contributed by atoms with E-state index in [0.29, 0.717) is 31.2 Å².